The molecule has 0 fully saturated rings. The number of nitrogens with two attached hydrogens (primary N) is 1. The van der Waals surface area contributed by atoms with Gasteiger partial charge in [-0.25, -0.2) is 0 Å². The van der Waals surface area contributed by atoms with Gasteiger partial charge in [-0.15, -0.1) is 0 Å². The number of carbonyl (C=O) groups is 1. The molecule has 0 aliphatic carbocycles. The molecule has 0 aromatic heterocycles. The Morgan fingerprint density at radius 2 is 1.94 bits per heavy atom. The molecule has 0 heterocycles. The first-order valence-corrected chi connectivity index (χ1v) is 5.45. The smallest absolute Gasteiger partial charge is 0.224 e. The van der Waals surface area contributed by atoms with Crippen LogP contribution < -0.4 is 11.1 Å². The third-order valence-electron chi connectivity index (χ3n) is 1.89. The van der Waals surface area contributed by atoms with Gasteiger partial charge in [-0.05, 0) is 18.6 Å². The van der Waals surface area contributed by atoms with E-state index in [9.17, 15) is 4.79 Å². The number of amides is 1. The van der Waals surface area contributed by atoms with Crippen LogP contribution in [0.1, 0.15) is 12.8 Å². The monoisotopic (exact) mass is 262 g/mol. The number of anilines is 2. The second-order valence-corrected chi connectivity index (χ2v) is 4.05. The number of carbonyl (C=O) groups excluding carboxylic acids is 1. The lowest BCUT2D eigenvalue weighted by molar-refractivity contribution is -0.116. The van der Waals surface area contributed by atoms with Gasteiger partial charge in [0.2, 0.25) is 5.91 Å². The molecule has 16 heavy (non-hydrogen) atoms. The number of hydrogen-bond acceptors (Lipinski definition) is 3. The highest BCUT2D eigenvalue weighted by Gasteiger charge is 2.10. The zero-order valence-corrected chi connectivity index (χ0v) is 9.98. The molecule has 0 saturated carbocycles. The topological polar surface area (TPSA) is 75.3 Å². The third kappa shape index (κ3) is 3.56. The minimum atomic E-state index is -0.248. The Kier molecular flexibility index (Phi) is 4.86. The fourth-order valence-electron chi connectivity index (χ4n) is 1.15. The van der Waals surface area contributed by atoms with Gasteiger partial charge in [0.05, 0.1) is 15.7 Å². The first-order valence-electron chi connectivity index (χ1n) is 4.70. The number of hydrogen-bond donors (Lipinski definition) is 3. The van der Waals surface area contributed by atoms with E-state index < -0.39 is 0 Å². The van der Waals surface area contributed by atoms with Crippen LogP contribution >= 0.6 is 23.2 Å². The van der Waals surface area contributed by atoms with Gasteiger partial charge in [0.25, 0.3) is 0 Å². The summed E-state index contributed by atoms with van der Waals surface area (Å²) >= 11 is 11.8. The van der Waals surface area contributed by atoms with Crippen LogP contribution in [0.5, 0.6) is 0 Å². The minimum Gasteiger partial charge on any atom is -0.399 e. The summed E-state index contributed by atoms with van der Waals surface area (Å²) in [6.07, 6.45) is 0.615. The van der Waals surface area contributed by atoms with Crippen molar-refractivity contribution >= 4 is 40.5 Å². The summed E-state index contributed by atoms with van der Waals surface area (Å²) in [4.78, 5) is 11.4. The van der Waals surface area contributed by atoms with Crippen LogP contribution in [0, 0.1) is 0 Å². The summed E-state index contributed by atoms with van der Waals surface area (Å²) in [5.41, 5.74) is 6.31. The lowest BCUT2D eigenvalue weighted by atomic mass is 10.2. The maximum absolute atomic E-state index is 11.4. The largest absolute Gasteiger partial charge is 0.399 e. The SMILES string of the molecule is Nc1cc(Cl)c(NC(=O)CCCO)c(Cl)c1. The fraction of sp³-hybridized carbons (Fsp3) is 0.300. The number of benzene rings is 1. The highest BCUT2D eigenvalue weighted by molar-refractivity contribution is 6.40. The summed E-state index contributed by atoms with van der Waals surface area (Å²) in [6, 6.07) is 3.02. The Morgan fingerprint density at radius 3 is 2.44 bits per heavy atom. The van der Waals surface area contributed by atoms with Crippen LogP contribution in [-0.2, 0) is 4.79 Å². The maximum atomic E-state index is 11.4. The molecule has 1 aromatic carbocycles. The van der Waals surface area contributed by atoms with Crippen molar-refractivity contribution in [2.45, 2.75) is 12.8 Å². The molecule has 1 rings (SSSR count). The average Bonchev–Trinajstić information content (AvgIpc) is 2.20. The van der Waals surface area contributed by atoms with Crippen molar-refractivity contribution in [1.82, 2.24) is 0 Å². The van der Waals surface area contributed by atoms with E-state index in [1.807, 2.05) is 0 Å². The Labute approximate surface area is 103 Å². The normalized spacial score (nSPS) is 10.2. The Balaban J connectivity index is 2.77. The van der Waals surface area contributed by atoms with E-state index in [-0.39, 0.29) is 18.9 Å². The van der Waals surface area contributed by atoms with Gasteiger partial charge in [0, 0.05) is 18.7 Å². The standard InChI is InChI=1S/C10H12Cl2N2O2/c11-7-4-6(13)5-8(12)10(7)14-9(16)2-1-3-15/h4-5,15H,1-3,13H2,(H,14,16). The molecule has 88 valence electrons. The Bertz CT molecular complexity index is 373. The maximum Gasteiger partial charge on any atom is 0.224 e. The third-order valence-corrected chi connectivity index (χ3v) is 2.49. The van der Waals surface area contributed by atoms with Crippen molar-refractivity contribution in [2.75, 3.05) is 17.7 Å². The van der Waals surface area contributed by atoms with Gasteiger partial charge >= 0.3 is 0 Å². The first-order chi connectivity index (χ1) is 7.54. The molecule has 4 nitrogen and oxygen atoms in total. The van der Waals surface area contributed by atoms with Gasteiger partial charge in [0.1, 0.15) is 0 Å². The molecule has 0 bridgehead atoms. The number of rotatable bonds is 4. The fourth-order valence-corrected chi connectivity index (χ4v) is 1.75. The molecular formula is C10H12Cl2N2O2. The molecule has 1 amide bonds. The molecule has 1 aromatic rings. The number of aliphatic hydroxyl groups excluding tert-OH is 1. The molecule has 6 heteroatoms. The van der Waals surface area contributed by atoms with E-state index in [0.29, 0.717) is 27.8 Å². The van der Waals surface area contributed by atoms with Crippen molar-refractivity contribution in [2.24, 2.45) is 0 Å². The zero-order chi connectivity index (χ0) is 12.1. The van der Waals surface area contributed by atoms with E-state index in [1.165, 1.54) is 12.1 Å². The van der Waals surface area contributed by atoms with Crippen LogP contribution in [0.25, 0.3) is 0 Å². The molecule has 4 N–H and O–H groups in total. The Hall–Kier alpha value is -0.970. The van der Waals surface area contributed by atoms with Gasteiger partial charge < -0.3 is 16.2 Å². The average molecular weight is 263 g/mol. The predicted molar refractivity (Wildman–Crippen MR) is 65.8 cm³/mol. The van der Waals surface area contributed by atoms with Gasteiger partial charge in [-0.1, -0.05) is 23.2 Å². The van der Waals surface area contributed by atoms with E-state index in [0.717, 1.165) is 0 Å². The van der Waals surface area contributed by atoms with E-state index >= 15 is 0 Å². The minimum absolute atomic E-state index is 0.0311. The molecule has 0 spiro atoms. The van der Waals surface area contributed by atoms with Crippen LogP contribution in [0.3, 0.4) is 0 Å². The van der Waals surface area contributed by atoms with Gasteiger partial charge in [-0.2, -0.15) is 0 Å². The van der Waals surface area contributed by atoms with Crippen molar-refractivity contribution in [1.29, 1.82) is 0 Å². The predicted octanol–water partition coefficient (Wildman–Crippen LogP) is 2.29. The van der Waals surface area contributed by atoms with Crippen molar-refractivity contribution in [3.05, 3.63) is 22.2 Å². The molecule has 0 aliphatic heterocycles. The van der Waals surface area contributed by atoms with Crippen molar-refractivity contribution in [3.63, 3.8) is 0 Å². The van der Waals surface area contributed by atoms with Crippen LogP contribution in [0.4, 0.5) is 11.4 Å². The summed E-state index contributed by atoms with van der Waals surface area (Å²) in [7, 11) is 0. The van der Waals surface area contributed by atoms with E-state index in [2.05, 4.69) is 5.32 Å². The molecular weight excluding hydrogens is 251 g/mol. The summed E-state index contributed by atoms with van der Waals surface area (Å²) in [5.74, 6) is -0.248. The molecule has 0 unspecified atom stereocenters. The summed E-state index contributed by atoms with van der Waals surface area (Å²) in [5, 5.41) is 11.7. The molecule has 0 aliphatic rings. The van der Waals surface area contributed by atoms with E-state index in [4.69, 9.17) is 34.0 Å². The number of nitrogens with one attached hydrogen (secondary N) is 1. The highest BCUT2D eigenvalue weighted by atomic mass is 35.5. The van der Waals surface area contributed by atoms with Crippen molar-refractivity contribution in [3.8, 4) is 0 Å². The van der Waals surface area contributed by atoms with Crippen LogP contribution in [-0.4, -0.2) is 17.6 Å². The summed E-state index contributed by atoms with van der Waals surface area (Å²) < 4.78 is 0. The number of nitrogen functional groups attached to an aromatic ring is 1. The van der Waals surface area contributed by atoms with Crippen molar-refractivity contribution < 1.29 is 9.90 Å². The zero-order valence-electron chi connectivity index (χ0n) is 8.46. The molecule has 0 saturated heterocycles. The Morgan fingerprint density at radius 1 is 1.38 bits per heavy atom. The quantitative estimate of drug-likeness (QED) is 0.729. The summed E-state index contributed by atoms with van der Waals surface area (Å²) in [6.45, 7) is -0.0311. The van der Waals surface area contributed by atoms with Crippen LogP contribution in [0.15, 0.2) is 12.1 Å². The molecule has 0 atom stereocenters. The second-order valence-electron chi connectivity index (χ2n) is 3.23. The number of aliphatic hydroxyl groups is 1. The second kappa shape index (κ2) is 5.94. The number of halogens is 2. The lowest BCUT2D eigenvalue weighted by Gasteiger charge is -2.09. The van der Waals surface area contributed by atoms with Gasteiger partial charge in [-0.3, -0.25) is 4.79 Å². The lowest BCUT2D eigenvalue weighted by Crippen LogP contribution is -2.12. The first kappa shape index (κ1) is 13.1. The van der Waals surface area contributed by atoms with Crippen LogP contribution in [0.2, 0.25) is 10.0 Å². The van der Waals surface area contributed by atoms with Gasteiger partial charge in [0.15, 0.2) is 0 Å². The van der Waals surface area contributed by atoms with E-state index in [1.54, 1.807) is 0 Å². The molecule has 0 radical (unpaired) electrons. The highest BCUT2D eigenvalue weighted by Crippen LogP contribution is 2.32.